The molecular weight excluding hydrogens is 539 g/mol. The number of thiophene rings is 1. The average molecular weight is 558 g/mol. The van der Waals surface area contributed by atoms with Gasteiger partial charge >= 0.3 is 12.3 Å². The summed E-state index contributed by atoms with van der Waals surface area (Å²) in [4.78, 5) is 35.0. The summed E-state index contributed by atoms with van der Waals surface area (Å²) < 4.78 is 55.1. The molecule has 2 aromatic carbocycles. The number of alkyl halides is 3. The molecule has 1 aliphatic rings. The second-order valence-corrected chi connectivity index (χ2v) is 9.97. The number of carboxylic acids is 1. The van der Waals surface area contributed by atoms with E-state index in [1.165, 1.54) is 23.2 Å². The van der Waals surface area contributed by atoms with Crippen LogP contribution in [0.3, 0.4) is 0 Å². The van der Waals surface area contributed by atoms with E-state index in [2.05, 4.69) is 9.72 Å². The molecule has 3 aromatic heterocycles. The van der Waals surface area contributed by atoms with Crippen molar-refractivity contribution in [2.24, 2.45) is 0 Å². The van der Waals surface area contributed by atoms with E-state index in [0.717, 1.165) is 35.8 Å². The summed E-state index contributed by atoms with van der Waals surface area (Å²) in [5.74, 6) is -0.904. The van der Waals surface area contributed by atoms with Crippen LogP contribution in [0, 0.1) is 0 Å². The largest absolute Gasteiger partial charge is 0.573 e. The van der Waals surface area contributed by atoms with Crippen molar-refractivity contribution in [1.29, 1.82) is 0 Å². The zero-order valence-corrected chi connectivity index (χ0v) is 20.9. The molecule has 5 aromatic rings. The summed E-state index contributed by atoms with van der Waals surface area (Å²) in [6.45, 7) is -0.0222. The van der Waals surface area contributed by atoms with Gasteiger partial charge in [-0.1, -0.05) is 0 Å². The zero-order valence-electron chi connectivity index (χ0n) is 20.1. The second kappa shape index (κ2) is 9.12. The number of aromatic nitrogens is 3. The van der Waals surface area contributed by atoms with E-state index in [1.807, 2.05) is 12.1 Å². The number of nitrogens with zero attached hydrogens (tertiary/aromatic N) is 3. The standard InChI is InChI=1S/C26H18F3N3O6S/c1-36-13-4-5-15(17(8-13)12-2-3-12)22-31-23-19(24(33)32(22)10-14-9-30-11-37-14)16-6-7-18(38-26(27,28)29)20(25(34)35)21(16)39-23/h4-9,11-12H,2-3,10H2,1H3,(H,34,35). The fourth-order valence-electron chi connectivity index (χ4n) is 4.65. The molecule has 0 radical (unpaired) electrons. The summed E-state index contributed by atoms with van der Waals surface area (Å²) in [7, 11) is 1.56. The Morgan fingerprint density at radius 3 is 2.69 bits per heavy atom. The van der Waals surface area contributed by atoms with Gasteiger partial charge in [-0.15, -0.1) is 24.5 Å². The minimum atomic E-state index is -5.10. The van der Waals surface area contributed by atoms with Crippen LogP contribution in [0.4, 0.5) is 13.2 Å². The maximum Gasteiger partial charge on any atom is 0.573 e. The van der Waals surface area contributed by atoms with Crippen LogP contribution in [0.25, 0.3) is 31.7 Å². The number of hydrogen-bond donors (Lipinski definition) is 1. The lowest BCUT2D eigenvalue weighted by molar-refractivity contribution is -0.274. The predicted octanol–water partition coefficient (Wildman–Crippen LogP) is 5.80. The highest BCUT2D eigenvalue weighted by Gasteiger charge is 2.35. The van der Waals surface area contributed by atoms with Crippen LogP contribution in [0.5, 0.6) is 11.5 Å². The molecule has 200 valence electrons. The van der Waals surface area contributed by atoms with Crippen molar-refractivity contribution >= 4 is 37.6 Å². The first-order valence-corrected chi connectivity index (χ1v) is 12.5. The first-order chi connectivity index (χ1) is 18.6. The maximum atomic E-state index is 14.0. The molecule has 13 heteroatoms. The highest BCUT2D eigenvalue weighted by atomic mass is 32.1. The van der Waals surface area contributed by atoms with Gasteiger partial charge in [0, 0.05) is 10.9 Å². The van der Waals surface area contributed by atoms with Gasteiger partial charge in [-0.05, 0) is 54.7 Å². The molecule has 6 rings (SSSR count). The third kappa shape index (κ3) is 4.48. The minimum Gasteiger partial charge on any atom is -0.497 e. The molecule has 1 N–H and O–H groups in total. The molecule has 1 aliphatic carbocycles. The van der Waals surface area contributed by atoms with Crippen LogP contribution in [0.1, 0.15) is 40.4 Å². The van der Waals surface area contributed by atoms with Gasteiger partial charge in [0.05, 0.1) is 29.9 Å². The predicted molar refractivity (Wildman–Crippen MR) is 135 cm³/mol. The Morgan fingerprint density at radius 1 is 1.26 bits per heavy atom. The maximum absolute atomic E-state index is 14.0. The Bertz CT molecular complexity index is 1810. The molecule has 0 bridgehead atoms. The number of hydrogen-bond acceptors (Lipinski definition) is 8. The summed E-state index contributed by atoms with van der Waals surface area (Å²) in [6.07, 6.45) is -0.484. The van der Waals surface area contributed by atoms with Gasteiger partial charge in [0.15, 0.2) is 6.39 Å². The van der Waals surface area contributed by atoms with Gasteiger partial charge in [-0.25, -0.2) is 14.8 Å². The number of oxazole rings is 1. The number of ether oxygens (including phenoxy) is 2. The van der Waals surface area contributed by atoms with E-state index in [9.17, 15) is 27.9 Å². The molecule has 0 amide bonds. The third-order valence-corrected chi connectivity index (χ3v) is 7.59. The van der Waals surface area contributed by atoms with Crippen LogP contribution in [0.2, 0.25) is 0 Å². The van der Waals surface area contributed by atoms with Gasteiger partial charge in [-0.3, -0.25) is 9.36 Å². The van der Waals surface area contributed by atoms with Gasteiger partial charge in [0.2, 0.25) is 0 Å². The molecule has 0 unspecified atom stereocenters. The Labute approximate surface area is 221 Å². The Balaban J connectivity index is 1.66. The quantitative estimate of drug-likeness (QED) is 0.267. The van der Waals surface area contributed by atoms with E-state index < -0.39 is 29.2 Å². The molecule has 1 fully saturated rings. The molecular formula is C26H18F3N3O6S. The lowest BCUT2D eigenvalue weighted by Crippen LogP contribution is -2.24. The average Bonchev–Trinajstić information content (AvgIpc) is 3.47. The van der Waals surface area contributed by atoms with Crippen LogP contribution < -0.4 is 15.0 Å². The fourth-order valence-corrected chi connectivity index (χ4v) is 5.84. The van der Waals surface area contributed by atoms with Gasteiger partial charge in [-0.2, -0.15) is 0 Å². The highest BCUT2D eigenvalue weighted by Crippen LogP contribution is 2.46. The van der Waals surface area contributed by atoms with Crippen LogP contribution in [-0.2, 0) is 6.54 Å². The monoisotopic (exact) mass is 557 g/mol. The van der Waals surface area contributed by atoms with Crippen LogP contribution in [0.15, 0.2) is 52.1 Å². The zero-order chi connectivity index (χ0) is 27.5. The summed E-state index contributed by atoms with van der Waals surface area (Å²) in [5.41, 5.74) is 0.434. The smallest absolute Gasteiger partial charge is 0.497 e. The first-order valence-electron chi connectivity index (χ1n) is 11.7. The number of methoxy groups -OCH3 is 1. The van der Waals surface area contributed by atoms with Crippen LogP contribution >= 0.6 is 11.3 Å². The molecule has 0 atom stereocenters. The Morgan fingerprint density at radius 2 is 2.05 bits per heavy atom. The molecule has 0 saturated heterocycles. The number of rotatable bonds is 7. The Kier molecular flexibility index (Phi) is 5.83. The third-order valence-electron chi connectivity index (χ3n) is 6.48. The van der Waals surface area contributed by atoms with Gasteiger partial charge in [0.25, 0.3) is 5.56 Å². The number of aromatic carboxylic acids is 1. The van der Waals surface area contributed by atoms with E-state index in [4.69, 9.17) is 14.1 Å². The van der Waals surface area contributed by atoms with Crippen molar-refractivity contribution in [3.8, 4) is 22.9 Å². The minimum absolute atomic E-state index is 0.0222. The van der Waals surface area contributed by atoms with E-state index >= 15 is 0 Å². The molecule has 39 heavy (non-hydrogen) atoms. The first kappa shape index (κ1) is 24.9. The van der Waals surface area contributed by atoms with Crippen molar-refractivity contribution in [3.63, 3.8) is 0 Å². The van der Waals surface area contributed by atoms with Gasteiger partial charge < -0.3 is 19.0 Å². The number of carboxylic acid groups (broad SMARTS) is 1. The fraction of sp³-hybridized carbons (Fsp3) is 0.231. The molecule has 1 saturated carbocycles. The van der Waals surface area contributed by atoms with Crippen molar-refractivity contribution in [2.45, 2.75) is 31.7 Å². The van der Waals surface area contributed by atoms with Crippen molar-refractivity contribution in [1.82, 2.24) is 14.5 Å². The summed E-state index contributed by atoms with van der Waals surface area (Å²) in [5, 5.41) is 10.0. The SMILES string of the molecule is COc1ccc(-c2nc3sc4c(C(=O)O)c(OC(F)(F)F)ccc4c3c(=O)n2Cc2cnco2)c(C2CC2)c1. The summed E-state index contributed by atoms with van der Waals surface area (Å²) >= 11 is 0.821. The lowest BCUT2D eigenvalue weighted by atomic mass is 10.0. The molecule has 0 spiro atoms. The topological polar surface area (TPSA) is 117 Å². The normalized spacial score (nSPS) is 13.7. The van der Waals surface area contributed by atoms with Gasteiger partial charge in [0.1, 0.15) is 33.5 Å². The van der Waals surface area contributed by atoms with E-state index in [0.29, 0.717) is 22.9 Å². The summed E-state index contributed by atoms with van der Waals surface area (Å²) in [6, 6.07) is 7.60. The molecule has 0 aliphatic heterocycles. The molecule has 3 heterocycles. The van der Waals surface area contributed by atoms with E-state index in [1.54, 1.807) is 13.2 Å². The van der Waals surface area contributed by atoms with Crippen LogP contribution in [-0.4, -0.2) is 39.1 Å². The molecule has 9 nitrogen and oxygen atoms in total. The lowest BCUT2D eigenvalue weighted by Gasteiger charge is -2.15. The number of carbonyl (C=O) groups is 1. The number of benzene rings is 2. The van der Waals surface area contributed by atoms with Crippen molar-refractivity contribution < 1.29 is 37.0 Å². The number of fused-ring (bicyclic) bond motifs is 3. The number of halogens is 3. The second-order valence-electron chi connectivity index (χ2n) is 8.97. The highest BCUT2D eigenvalue weighted by molar-refractivity contribution is 7.25. The van der Waals surface area contributed by atoms with Crippen molar-refractivity contribution in [2.75, 3.05) is 7.11 Å². The van der Waals surface area contributed by atoms with Crippen molar-refractivity contribution in [3.05, 3.63) is 70.2 Å². The van der Waals surface area contributed by atoms with E-state index in [-0.39, 0.29) is 32.8 Å². The Hall–Kier alpha value is -4.39.